The minimum atomic E-state index is -4.21. The smallest absolute Gasteiger partial charge is 0.264 e. The van der Waals surface area contributed by atoms with Crippen LogP contribution in [0, 0.1) is 6.92 Å². The van der Waals surface area contributed by atoms with E-state index >= 15 is 0 Å². The SMILES string of the molecule is CCOc1ccc(N(CC(=O)N(Cc2cccc(OC)c2)[C@H](Cc2ccccc2)C(=O)N[C@@H](C)CC)S(=O)(=O)c2ccc(C)cc2)cc1. The highest BCUT2D eigenvalue weighted by molar-refractivity contribution is 7.92. The van der Waals surface area contributed by atoms with Crippen molar-refractivity contribution in [3.63, 3.8) is 0 Å². The van der Waals surface area contributed by atoms with Crippen LogP contribution in [0.4, 0.5) is 5.69 Å². The summed E-state index contributed by atoms with van der Waals surface area (Å²) in [4.78, 5) is 30.2. The number of methoxy groups -OCH3 is 1. The van der Waals surface area contributed by atoms with Crippen molar-refractivity contribution in [2.45, 2.75) is 64.1 Å². The van der Waals surface area contributed by atoms with Crippen LogP contribution in [0.5, 0.6) is 11.5 Å². The number of rotatable bonds is 16. The molecule has 4 aromatic rings. The lowest BCUT2D eigenvalue weighted by atomic mass is 10.0. The topological polar surface area (TPSA) is 105 Å². The van der Waals surface area contributed by atoms with Crippen molar-refractivity contribution in [2.24, 2.45) is 0 Å². The molecule has 1 N–H and O–H groups in total. The van der Waals surface area contributed by atoms with Crippen LogP contribution in [0.1, 0.15) is 43.9 Å². The van der Waals surface area contributed by atoms with Crippen LogP contribution in [0.3, 0.4) is 0 Å². The number of carbonyl (C=O) groups excluding carboxylic acids is 2. The quantitative estimate of drug-likeness (QED) is 0.153. The standard InChI is InChI=1S/C38H45N3O6S/c1-6-29(4)39-38(43)36(25-30-12-9-8-10-13-30)40(26-31-14-11-15-34(24-31)46-5)37(42)27-41(32-18-20-33(21-19-32)47-7-2)48(44,45)35-22-16-28(3)17-23-35/h8-24,29,36H,6-7,25-27H2,1-5H3,(H,39,43)/t29-,36+/m0/s1. The monoisotopic (exact) mass is 671 g/mol. The molecule has 48 heavy (non-hydrogen) atoms. The van der Waals surface area contributed by atoms with Gasteiger partial charge in [0.25, 0.3) is 10.0 Å². The van der Waals surface area contributed by atoms with Gasteiger partial charge in [-0.1, -0.05) is 67.1 Å². The van der Waals surface area contributed by atoms with Crippen LogP contribution in [-0.4, -0.2) is 57.5 Å². The fourth-order valence-electron chi connectivity index (χ4n) is 5.20. The van der Waals surface area contributed by atoms with Crippen molar-refractivity contribution in [2.75, 3.05) is 24.6 Å². The third kappa shape index (κ3) is 9.38. The van der Waals surface area contributed by atoms with E-state index in [1.165, 1.54) is 17.0 Å². The van der Waals surface area contributed by atoms with E-state index in [9.17, 15) is 18.0 Å². The first-order valence-corrected chi connectivity index (χ1v) is 17.6. The summed E-state index contributed by atoms with van der Waals surface area (Å²) in [5.74, 6) is 0.312. The third-order valence-corrected chi connectivity index (χ3v) is 9.87. The Labute approximate surface area is 284 Å². The molecule has 0 unspecified atom stereocenters. The van der Waals surface area contributed by atoms with E-state index in [1.807, 2.05) is 70.2 Å². The Morgan fingerprint density at radius 1 is 0.833 bits per heavy atom. The van der Waals surface area contributed by atoms with Crippen LogP contribution >= 0.6 is 0 Å². The number of hydrogen-bond acceptors (Lipinski definition) is 6. The number of hydrogen-bond donors (Lipinski definition) is 1. The normalized spacial score (nSPS) is 12.4. The second-order valence-corrected chi connectivity index (χ2v) is 13.5. The van der Waals surface area contributed by atoms with Crippen molar-refractivity contribution < 1.29 is 27.5 Å². The van der Waals surface area contributed by atoms with Crippen molar-refractivity contribution in [1.82, 2.24) is 10.2 Å². The number of benzene rings is 4. The van der Waals surface area contributed by atoms with Gasteiger partial charge in [-0.15, -0.1) is 0 Å². The number of ether oxygens (including phenoxy) is 2. The fourth-order valence-corrected chi connectivity index (χ4v) is 6.62. The minimum absolute atomic E-state index is 0.0448. The molecule has 0 spiro atoms. The van der Waals surface area contributed by atoms with Gasteiger partial charge in [-0.2, -0.15) is 0 Å². The number of nitrogens with zero attached hydrogens (tertiary/aromatic N) is 2. The van der Waals surface area contributed by atoms with Gasteiger partial charge in [-0.05, 0) is 86.8 Å². The van der Waals surface area contributed by atoms with E-state index in [0.29, 0.717) is 24.5 Å². The first-order valence-electron chi connectivity index (χ1n) is 16.1. The van der Waals surface area contributed by atoms with E-state index in [1.54, 1.807) is 55.6 Å². The van der Waals surface area contributed by atoms with E-state index in [2.05, 4.69) is 5.32 Å². The molecule has 0 bridgehead atoms. The predicted molar refractivity (Wildman–Crippen MR) is 189 cm³/mol. The molecule has 9 nitrogen and oxygen atoms in total. The number of amides is 2. The lowest BCUT2D eigenvalue weighted by Gasteiger charge is -2.34. The van der Waals surface area contributed by atoms with Crippen molar-refractivity contribution >= 4 is 27.5 Å². The van der Waals surface area contributed by atoms with Gasteiger partial charge in [0.2, 0.25) is 11.8 Å². The van der Waals surface area contributed by atoms with Gasteiger partial charge in [0.15, 0.2) is 0 Å². The van der Waals surface area contributed by atoms with Crippen LogP contribution in [0.25, 0.3) is 0 Å². The molecule has 0 fully saturated rings. The van der Waals surface area contributed by atoms with Crippen LogP contribution in [0.15, 0.2) is 108 Å². The van der Waals surface area contributed by atoms with E-state index < -0.39 is 28.5 Å². The molecule has 0 aliphatic rings. The maximum absolute atomic E-state index is 14.7. The summed E-state index contributed by atoms with van der Waals surface area (Å²) in [5, 5.41) is 3.05. The molecule has 0 aliphatic heterocycles. The molecule has 10 heteroatoms. The lowest BCUT2D eigenvalue weighted by molar-refractivity contribution is -0.140. The van der Waals surface area contributed by atoms with E-state index in [-0.39, 0.29) is 35.5 Å². The molecule has 0 saturated heterocycles. The predicted octanol–water partition coefficient (Wildman–Crippen LogP) is 6.15. The highest BCUT2D eigenvalue weighted by Gasteiger charge is 2.35. The van der Waals surface area contributed by atoms with Gasteiger partial charge >= 0.3 is 0 Å². The first-order chi connectivity index (χ1) is 23.0. The average Bonchev–Trinajstić information content (AvgIpc) is 3.09. The molecule has 0 aromatic heterocycles. The molecule has 2 amide bonds. The average molecular weight is 672 g/mol. The van der Waals surface area contributed by atoms with Gasteiger partial charge in [-0.3, -0.25) is 13.9 Å². The first kappa shape index (κ1) is 36.0. The Morgan fingerprint density at radius 2 is 1.50 bits per heavy atom. The number of carbonyl (C=O) groups is 2. The van der Waals surface area contributed by atoms with Crippen LogP contribution in [-0.2, 0) is 32.6 Å². The Morgan fingerprint density at radius 3 is 2.12 bits per heavy atom. The Kier molecular flexibility index (Phi) is 12.6. The summed E-state index contributed by atoms with van der Waals surface area (Å²) < 4.78 is 40.6. The molecule has 0 aliphatic carbocycles. The highest BCUT2D eigenvalue weighted by atomic mass is 32.2. The van der Waals surface area contributed by atoms with Crippen molar-refractivity contribution in [3.8, 4) is 11.5 Å². The molecular formula is C38H45N3O6S. The summed E-state index contributed by atoms with van der Waals surface area (Å²) in [7, 11) is -2.65. The highest BCUT2D eigenvalue weighted by Crippen LogP contribution is 2.27. The third-order valence-electron chi connectivity index (χ3n) is 8.08. The summed E-state index contributed by atoms with van der Waals surface area (Å²) in [5.41, 5.74) is 2.78. The molecule has 254 valence electrons. The second kappa shape index (κ2) is 16.8. The molecule has 0 saturated carbocycles. The number of aryl methyl sites for hydroxylation is 1. The number of anilines is 1. The molecule has 0 radical (unpaired) electrons. The van der Waals surface area contributed by atoms with Crippen molar-refractivity contribution in [3.05, 3.63) is 120 Å². The summed E-state index contributed by atoms with van der Waals surface area (Å²) in [6.07, 6.45) is 0.931. The van der Waals surface area contributed by atoms with Gasteiger partial charge in [0, 0.05) is 19.0 Å². The Balaban J connectivity index is 1.82. The Hall–Kier alpha value is -4.83. The van der Waals surface area contributed by atoms with E-state index in [4.69, 9.17) is 9.47 Å². The van der Waals surface area contributed by atoms with Gasteiger partial charge in [-0.25, -0.2) is 8.42 Å². The van der Waals surface area contributed by atoms with Gasteiger partial charge < -0.3 is 19.7 Å². The fraction of sp³-hybridized carbons (Fsp3) is 0.316. The molecule has 4 aromatic carbocycles. The maximum Gasteiger partial charge on any atom is 0.264 e. The minimum Gasteiger partial charge on any atom is -0.497 e. The van der Waals surface area contributed by atoms with Crippen LogP contribution in [0.2, 0.25) is 0 Å². The molecular weight excluding hydrogens is 627 g/mol. The zero-order chi connectivity index (χ0) is 34.7. The lowest BCUT2D eigenvalue weighted by Crippen LogP contribution is -2.54. The number of nitrogens with one attached hydrogen (secondary N) is 1. The number of sulfonamides is 1. The molecule has 0 heterocycles. The summed E-state index contributed by atoms with van der Waals surface area (Å²) in [6.45, 7) is 7.57. The van der Waals surface area contributed by atoms with Crippen LogP contribution < -0.4 is 19.1 Å². The van der Waals surface area contributed by atoms with E-state index in [0.717, 1.165) is 21.0 Å². The van der Waals surface area contributed by atoms with Gasteiger partial charge in [0.1, 0.15) is 24.1 Å². The summed E-state index contributed by atoms with van der Waals surface area (Å²) in [6, 6.07) is 28.8. The zero-order valence-electron chi connectivity index (χ0n) is 28.3. The zero-order valence-corrected chi connectivity index (χ0v) is 29.1. The van der Waals surface area contributed by atoms with Gasteiger partial charge in [0.05, 0.1) is 24.3 Å². The largest absolute Gasteiger partial charge is 0.497 e. The molecule has 4 rings (SSSR count). The summed E-state index contributed by atoms with van der Waals surface area (Å²) >= 11 is 0. The second-order valence-electron chi connectivity index (χ2n) is 11.6. The maximum atomic E-state index is 14.7. The van der Waals surface area contributed by atoms with Crippen molar-refractivity contribution in [1.29, 1.82) is 0 Å². The Bertz CT molecular complexity index is 1750. The molecule has 2 atom stereocenters.